The van der Waals surface area contributed by atoms with Crippen molar-refractivity contribution in [1.29, 1.82) is 0 Å². The van der Waals surface area contributed by atoms with E-state index in [0.717, 1.165) is 18.4 Å². The fraction of sp³-hybridized carbons (Fsp3) is 0.571. The third kappa shape index (κ3) is 7.06. The Kier molecular flexibility index (Phi) is 6.15. The van der Waals surface area contributed by atoms with Gasteiger partial charge in [0.2, 0.25) is 0 Å². The molecule has 1 rings (SSSR count). The Morgan fingerprint density at radius 3 is 2.37 bits per heavy atom. The molecule has 0 saturated heterocycles. The summed E-state index contributed by atoms with van der Waals surface area (Å²) in [5.74, 6) is 0.594. The van der Waals surface area contributed by atoms with E-state index in [4.69, 9.17) is 10.5 Å². The molecule has 108 valence electrons. The SMILES string of the molecule is CCC(N)Cc1ccc(OCCCC(F)(F)F)cc1. The van der Waals surface area contributed by atoms with Crippen molar-refractivity contribution in [2.75, 3.05) is 6.61 Å². The van der Waals surface area contributed by atoms with Crippen LogP contribution in [-0.4, -0.2) is 18.8 Å². The maximum absolute atomic E-state index is 11.9. The van der Waals surface area contributed by atoms with Gasteiger partial charge in [-0.25, -0.2) is 0 Å². The third-order valence-electron chi connectivity index (χ3n) is 2.82. The normalized spacial score (nSPS) is 13.3. The zero-order valence-corrected chi connectivity index (χ0v) is 11.0. The molecule has 0 amide bonds. The molecule has 0 fully saturated rings. The van der Waals surface area contributed by atoms with Gasteiger partial charge in [0.1, 0.15) is 5.75 Å². The molecule has 0 heterocycles. The molecule has 1 aromatic carbocycles. The zero-order chi connectivity index (χ0) is 14.3. The van der Waals surface area contributed by atoms with Gasteiger partial charge in [-0.05, 0) is 37.0 Å². The lowest BCUT2D eigenvalue weighted by Crippen LogP contribution is -2.21. The highest BCUT2D eigenvalue weighted by atomic mass is 19.4. The lowest BCUT2D eigenvalue weighted by atomic mass is 10.0. The van der Waals surface area contributed by atoms with Crippen LogP contribution in [0.3, 0.4) is 0 Å². The maximum atomic E-state index is 11.9. The molecule has 2 nitrogen and oxygen atoms in total. The van der Waals surface area contributed by atoms with Gasteiger partial charge in [0.05, 0.1) is 6.61 Å². The van der Waals surface area contributed by atoms with Gasteiger partial charge in [0, 0.05) is 12.5 Å². The predicted molar refractivity (Wildman–Crippen MR) is 69.2 cm³/mol. The van der Waals surface area contributed by atoms with Crippen molar-refractivity contribution in [2.45, 2.75) is 44.8 Å². The van der Waals surface area contributed by atoms with Gasteiger partial charge in [-0.1, -0.05) is 19.1 Å². The Bertz CT molecular complexity index is 362. The van der Waals surface area contributed by atoms with E-state index in [1.807, 2.05) is 19.1 Å². The molecular weight excluding hydrogens is 255 g/mol. The van der Waals surface area contributed by atoms with Crippen LogP contribution >= 0.6 is 0 Å². The molecular formula is C14H20F3NO. The summed E-state index contributed by atoms with van der Waals surface area (Å²) in [6.07, 6.45) is -3.23. The van der Waals surface area contributed by atoms with Crippen LogP contribution in [0, 0.1) is 0 Å². The molecule has 1 atom stereocenters. The van der Waals surface area contributed by atoms with Gasteiger partial charge in [0.25, 0.3) is 0 Å². The number of hydrogen-bond donors (Lipinski definition) is 1. The number of hydrogen-bond acceptors (Lipinski definition) is 2. The van der Waals surface area contributed by atoms with Crippen molar-refractivity contribution < 1.29 is 17.9 Å². The van der Waals surface area contributed by atoms with E-state index >= 15 is 0 Å². The molecule has 2 N–H and O–H groups in total. The van der Waals surface area contributed by atoms with Crippen molar-refractivity contribution in [1.82, 2.24) is 0 Å². The molecule has 0 aliphatic heterocycles. The summed E-state index contributed by atoms with van der Waals surface area (Å²) in [6.45, 7) is 2.11. The summed E-state index contributed by atoms with van der Waals surface area (Å²) in [4.78, 5) is 0. The van der Waals surface area contributed by atoms with E-state index in [9.17, 15) is 13.2 Å². The van der Waals surface area contributed by atoms with Crippen molar-refractivity contribution in [3.63, 3.8) is 0 Å². The Morgan fingerprint density at radius 2 is 1.84 bits per heavy atom. The average molecular weight is 275 g/mol. The first-order chi connectivity index (χ1) is 8.90. The molecule has 1 unspecified atom stereocenters. The highest BCUT2D eigenvalue weighted by Gasteiger charge is 2.26. The van der Waals surface area contributed by atoms with Crippen molar-refractivity contribution in [3.8, 4) is 5.75 Å². The molecule has 0 aliphatic rings. The second kappa shape index (κ2) is 7.38. The van der Waals surface area contributed by atoms with Crippen LogP contribution < -0.4 is 10.5 Å². The first kappa shape index (κ1) is 15.8. The summed E-state index contributed by atoms with van der Waals surface area (Å²) < 4.78 is 41.0. The van der Waals surface area contributed by atoms with Gasteiger partial charge in [-0.15, -0.1) is 0 Å². The average Bonchev–Trinajstić information content (AvgIpc) is 2.35. The minimum Gasteiger partial charge on any atom is -0.494 e. The number of halogens is 3. The second-order valence-electron chi connectivity index (χ2n) is 4.58. The van der Waals surface area contributed by atoms with Crippen LogP contribution in [0.4, 0.5) is 13.2 Å². The topological polar surface area (TPSA) is 35.2 Å². The lowest BCUT2D eigenvalue weighted by Gasteiger charge is -2.10. The monoisotopic (exact) mass is 275 g/mol. The van der Waals surface area contributed by atoms with Gasteiger partial charge < -0.3 is 10.5 Å². The van der Waals surface area contributed by atoms with Crippen LogP contribution in [0.2, 0.25) is 0 Å². The molecule has 1 aromatic rings. The fourth-order valence-electron chi connectivity index (χ4n) is 1.63. The van der Waals surface area contributed by atoms with E-state index in [-0.39, 0.29) is 19.1 Å². The van der Waals surface area contributed by atoms with E-state index in [0.29, 0.717) is 5.75 Å². The number of rotatable bonds is 7. The van der Waals surface area contributed by atoms with Gasteiger partial charge in [-0.3, -0.25) is 0 Å². The van der Waals surface area contributed by atoms with Crippen molar-refractivity contribution >= 4 is 0 Å². The smallest absolute Gasteiger partial charge is 0.389 e. The van der Waals surface area contributed by atoms with Crippen molar-refractivity contribution in [2.24, 2.45) is 5.73 Å². The van der Waals surface area contributed by atoms with Gasteiger partial charge >= 0.3 is 6.18 Å². The van der Waals surface area contributed by atoms with Crippen LogP contribution in [0.25, 0.3) is 0 Å². The molecule has 0 bridgehead atoms. The number of ether oxygens (including phenoxy) is 1. The van der Waals surface area contributed by atoms with E-state index in [1.54, 1.807) is 12.1 Å². The molecule has 0 saturated carbocycles. The molecule has 0 spiro atoms. The minimum atomic E-state index is -4.11. The molecule has 0 radical (unpaired) electrons. The van der Waals surface area contributed by atoms with E-state index < -0.39 is 12.6 Å². The predicted octanol–water partition coefficient (Wildman–Crippen LogP) is 3.69. The Balaban J connectivity index is 2.32. The highest BCUT2D eigenvalue weighted by molar-refractivity contribution is 5.27. The number of nitrogens with two attached hydrogens (primary N) is 1. The highest BCUT2D eigenvalue weighted by Crippen LogP contribution is 2.21. The van der Waals surface area contributed by atoms with E-state index in [1.165, 1.54) is 0 Å². The second-order valence-corrected chi connectivity index (χ2v) is 4.58. The number of alkyl halides is 3. The minimum absolute atomic E-state index is 0.0219. The molecule has 0 aliphatic carbocycles. The fourth-order valence-corrected chi connectivity index (χ4v) is 1.63. The summed E-state index contributed by atoms with van der Waals surface area (Å²) in [5, 5.41) is 0. The molecule has 5 heteroatoms. The van der Waals surface area contributed by atoms with E-state index in [2.05, 4.69) is 0 Å². The summed E-state index contributed by atoms with van der Waals surface area (Å²) in [5.41, 5.74) is 6.95. The van der Waals surface area contributed by atoms with Crippen LogP contribution in [-0.2, 0) is 6.42 Å². The summed E-state index contributed by atoms with van der Waals surface area (Å²) >= 11 is 0. The zero-order valence-electron chi connectivity index (χ0n) is 11.0. The van der Waals surface area contributed by atoms with Crippen LogP contribution in [0.15, 0.2) is 24.3 Å². The number of benzene rings is 1. The lowest BCUT2D eigenvalue weighted by molar-refractivity contribution is -0.136. The standard InChI is InChI=1S/C14H20F3NO/c1-2-12(18)10-11-4-6-13(7-5-11)19-9-3-8-14(15,16)17/h4-7,12H,2-3,8-10,18H2,1H3. The summed E-state index contributed by atoms with van der Waals surface area (Å²) in [6, 6.07) is 7.47. The third-order valence-corrected chi connectivity index (χ3v) is 2.82. The molecule has 19 heavy (non-hydrogen) atoms. The Morgan fingerprint density at radius 1 is 1.21 bits per heavy atom. The Hall–Kier alpha value is -1.23. The quantitative estimate of drug-likeness (QED) is 0.770. The first-order valence-electron chi connectivity index (χ1n) is 6.45. The van der Waals surface area contributed by atoms with Gasteiger partial charge in [0.15, 0.2) is 0 Å². The van der Waals surface area contributed by atoms with Crippen LogP contribution in [0.5, 0.6) is 5.75 Å². The first-order valence-corrected chi connectivity index (χ1v) is 6.45. The van der Waals surface area contributed by atoms with Gasteiger partial charge in [-0.2, -0.15) is 13.2 Å². The van der Waals surface area contributed by atoms with Crippen molar-refractivity contribution in [3.05, 3.63) is 29.8 Å². The Labute approximate surface area is 111 Å². The maximum Gasteiger partial charge on any atom is 0.389 e. The molecule has 0 aromatic heterocycles. The largest absolute Gasteiger partial charge is 0.494 e. The van der Waals surface area contributed by atoms with Crippen LogP contribution in [0.1, 0.15) is 31.7 Å². The summed E-state index contributed by atoms with van der Waals surface area (Å²) in [7, 11) is 0.